The van der Waals surface area contributed by atoms with Gasteiger partial charge in [-0.2, -0.15) is 0 Å². The lowest BCUT2D eigenvalue weighted by Gasteiger charge is -2.25. The van der Waals surface area contributed by atoms with E-state index in [4.69, 9.17) is 9.47 Å². The Morgan fingerprint density at radius 3 is 2.22 bits per heavy atom. The Morgan fingerprint density at radius 1 is 1.03 bits per heavy atom. The largest absolute Gasteiger partial charge is 0.456 e. The monoisotopic (exact) mass is 460 g/mol. The first-order valence-electron chi connectivity index (χ1n) is 10.4. The van der Waals surface area contributed by atoms with E-state index in [1.54, 1.807) is 51.1 Å². The number of ether oxygens (including phenoxy) is 2. The molecule has 0 bridgehead atoms. The molecule has 0 saturated carbocycles. The third-order valence-corrected chi connectivity index (χ3v) is 6.09. The van der Waals surface area contributed by atoms with Crippen LogP contribution in [0, 0.1) is 0 Å². The minimum Gasteiger partial charge on any atom is -0.456 e. The lowest BCUT2D eigenvalue weighted by Crippen LogP contribution is -2.30. The highest BCUT2D eigenvalue weighted by molar-refractivity contribution is 7.90. The first-order valence-corrected chi connectivity index (χ1v) is 11.9. The Hall–Kier alpha value is -3.07. The van der Waals surface area contributed by atoms with E-state index < -0.39 is 27.5 Å². The van der Waals surface area contributed by atoms with E-state index >= 15 is 0 Å². The number of rotatable bonds is 6. The van der Waals surface area contributed by atoms with Crippen molar-refractivity contribution in [2.45, 2.75) is 51.0 Å². The van der Waals surface area contributed by atoms with Crippen molar-refractivity contribution in [2.24, 2.45) is 0 Å². The summed E-state index contributed by atoms with van der Waals surface area (Å²) in [5.41, 5.74) is -0.245. The third-order valence-electron chi connectivity index (χ3n) is 4.65. The Morgan fingerprint density at radius 2 is 1.66 bits per heavy atom. The maximum atomic E-state index is 13.1. The molecule has 0 aromatic heterocycles. The molecular weight excluding hydrogens is 432 g/mol. The average molecular weight is 461 g/mol. The molecule has 1 N–H and O–H groups in total. The summed E-state index contributed by atoms with van der Waals surface area (Å²) in [7, 11) is -4.32. The van der Waals surface area contributed by atoms with Gasteiger partial charge in [-0.15, -0.1) is 0 Å². The number of sulfonamides is 1. The second-order valence-corrected chi connectivity index (χ2v) is 10.2. The summed E-state index contributed by atoms with van der Waals surface area (Å²) in [6.07, 6.45) is 1.85. The number of nitrogens with one attached hydrogen (secondary N) is 1. The zero-order chi connectivity index (χ0) is 23.5. The molecule has 3 rings (SSSR count). The maximum Gasteiger partial charge on any atom is 0.338 e. The molecule has 0 aliphatic carbocycles. The highest BCUT2D eigenvalue weighted by Gasteiger charge is 2.31. The zero-order valence-corrected chi connectivity index (χ0v) is 19.5. The maximum absolute atomic E-state index is 13.1. The predicted molar refractivity (Wildman–Crippen MR) is 121 cm³/mol. The number of amides is 1. The molecular formula is C23H28N2O6S. The van der Waals surface area contributed by atoms with E-state index in [-0.39, 0.29) is 16.2 Å². The van der Waals surface area contributed by atoms with Crippen molar-refractivity contribution >= 4 is 27.6 Å². The van der Waals surface area contributed by atoms with Gasteiger partial charge in [-0.1, -0.05) is 18.2 Å². The van der Waals surface area contributed by atoms with Crippen LogP contribution in [0.15, 0.2) is 47.4 Å². The summed E-state index contributed by atoms with van der Waals surface area (Å²) in [6, 6.07) is 11.5. The molecule has 1 aliphatic rings. The molecule has 8 nitrogen and oxygen atoms in total. The normalized spacial score (nSPS) is 14.2. The molecule has 1 amide bonds. The Balaban J connectivity index is 2.23. The molecule has 9 heteroatoms. The van der Waals surface area contributed by atoms with Gasteiger partial charge in [0.15, 0.2) is 5.75 Å². The van der Waals surface area contributed by atoms with Gasteiger partial charge >= 0.3 is 5.97 Å². The van der Waals surface area contributed by atoms with Crippen molar-refractivity contribution in [1.29, 1.82) is 0 Å². The zero-order valence-electron chi connectivity index (χ0n) is 18.7. The molecule has 1 aliphatic heterocycles. The van der Waals surface area contributed by atoms with Crippen LogP contribution in [0.2, 0.25) is 0 Å². The summed E-state index contributed by atoms with van der Waals surface area (Å²) in [5, 5.41) is 0. The number of anilines is 1. The lowest BCUT2D eigenvalue weighted by molar-refractivity contribution is -0.117. The third kappa shape index (κ3) is 5.79. The molecule has 172 valence electrons. The van der Waals surface area contributed by atoms with Gasteiger partial charge in [0.05, 0.1) is 11.3 Å². The van der Waals surface area contributed by atoms with Gasteiger partial charge in [0.2, 0.25) is 5.91 Å². The molecule has 2 aromatic rings. The minimum atomic E-state index is -4.32. The number of carbonyl (C=O) groups is 2. The topological polar surface area (TPSA) is 102 Å². The number of esters is 1. The van der Waals surface area contributed by atoms with Crippen molar-refractivity contribution in [3.8, 4) is 11.5 Å². The molecule has 32 heavy (non-hydrogen) atoms. The van der Waals surface area contributed by atoms with Crippen LogP contribution in [0.3, 0.4) is 0 Å². The van der Waals surface area contributed by atoms with Crippen LogP contribution in [0.25, 0.3) is 0 Å². The highest BCUT2D eigenvalue weighted by atomic mass is 32.2. The van der Waals surface area contributed by atoms with E-state index in [1.165, 1.54) is 6.07 Å². The van der Waals surface area contributed by atoms with Gasteiger partial charge < -0.3 is 14.4 Å². The van der Waals surface area contributed by atoms with E-state index in [9.17, 15) is 18.0 Å². The quantitative estimate of drug-likeness (QED) is 0.653. The average Bonchev–Trinajstić information content (AvgIpc) is 3.21. The van der Waals surface area contributed by atoms with Gasteiger partial charge in [0, 0.05) is 20.0 Å². The van der Waals surface area contributed by atoms with Gasteiger partial charge in [0.25, 0.3) is 10.0 Å². The van der Waals surface area contributed by atoms with Crippen molar-refractivity contribution in [3.63, 3.8) is 0 Å². The lowest BCUT2D eigenvalue weighted by atomic mass is 10.1. The van der Waals surface area contributed by atoms with E-state index in [1.807, 2.05) is 15.7 Å². The fourth-order valence-electron chi connectivity index (χ4n) is 3.39. The fraction of sp³-hybridized carbons (Fsp3) is 0.391. The highest BCUT2D eigenvalue weighted by Crippen LogP contribution is 2.41. The van der Waals surface area contributed by atoms with E-state index in [2.05, 4.69) is 0 Å². The number of para-hydroxylation sites is 1. The van der Waals surface area contributed by atoms with Gasteiger partial charge in [-0.25, -0.2) is 17.9 Å². The first-order chi connectivity index (χ1) is 15.0. The molecule has 0 atom stereocenters. The van der Waals surface area contributed by atoms with Crippen LogP contribution in [0.1, 0.15) is 50.9 Å². The van der Waals surface area contributed by atoms with Crippen molar-refractivity contribution in [1.82, 2.24) is 4.72 Å². The molecule has 0 unspecified atom stereocenters. The SMILES string of the molecule is CC(=O)NS(=O)(=O)c1cc(C(=O)OC(C)(C)C)cc(N2CCCC2)c1Oc1ccccc1. The van der Waals surface area contributed by atoms with Crippen LogP contribution in [-0.2, 0) is 19.6 Å². The molecule has 1 fully saturated rings. The molecule has 2 aromatic carbocycles. The van der Waals surface area contributed by atoms with Crippen LogP contribution in [-0.4, -0.2) is 39.0 Å². The van der Waals surface area contributed by atoms with E-state index in [0.717, 1.165) is 19.8 Å². The molecule has 1 heterocycles. The molecule has 0 spiro atoms. The second kappa shape index (κ2) is 9.20. The van der Waals surface area contributed by atoms with E-state index in [0.29, 0.717) is 24.5 Å². The molecule has 1 saturated heterocycles. The van der Waals surface area contributed by atoms with Crippen molar-refractivity contribution in [2.75, 3.05) is 18.0 Å². The Labute approximate surface area is 188 Å². The Bertz CT molecular complexity index is 1100. The van der Waals surface area contributed by atoms with Crippen LogP contribution in [0.4, 0.5) is 5.69 Å². The van der Waals surface area contributed by atoms with Crippen LogP contribution < -0.4 is 14.4 Å². The first kappa shape index (κ1) is 23.6. The van der Waals surface area contributed by atoms with Crippen LogP contribution >= 0.6 is 0 Å². The standard InChI is InChI=1S/C23H28N2O6S/c1-16(26)24-32(28,29)20-15-17(22(27)31-23(2,3)4)14-19(25-12-8-9-13-25)21(20)30-18-10-6-5-7-11-18/h5-7,10-11,14-15H,8-9,12-13H2,1-4H3,(H,24,26). The number of hydrogen-bond donors (Lipinski definition) is 1. The van der Waals surface area contributed by atoms with Crippen LogP contribution in [0.5, 0.6) is 11.5 Å². The summed E-state index contributed by atoms with van der Waals surface area (Å²) >= 11 is 0. The summed E-state index contributed by atoms with van der Waals surface area (Å²) in [4.78, 5) is 26.1. The van der Waals surface area contributed by atoms with Crippen molar-refractivity contribution in [3.05, 3.63) is 48.0 Å². The smallest absolute Gasteiger partial charge is 0.338 e. The fourth-order valence-corrected chi connectivity index (χ4v) is 4.55. The molecule has 0 radical (unpaired) electrons. The number of carbonyl (C=O) groups excluding carboxylic acids is 2. The predicted octanol–water partition coefficient (Wildman–Crippen LogP) is 3.86. The van der Waals surface area contributed by atoms with Gasteiger partial charge in [-0.3, -0.25) is 4.79 Å². The van der Waals surface area contributed by atoms with Gasteiger partial charge in [0.1, 0.15) is 16.2 Å². The number of benzene rings is 2. The number of hydrogen-bond acceptors (Lipinski definition) is 7. The Kier molecular flexibility index (Phi) is 6.78. The van der Waals surface area contributed by atoms with Crippen molar-refractivity contribution < 1.29 is 27.5 Å². The second-order valence-electron chi connectivity index (χ2n) is 8.60. The number of nitrogens with zero attached hydrogens (tertiary/aromatic N) is 1. The summed E-state index contributed by atoms with van der Waals surface area (Å²) < 4.78 is 39.7. The minimum absolute atomic E-state index is 0.0548. The van der Waals surface area contributed by atoms with Gasteiger partial charge in [-0.05, 0) is 57.9 Å². The summed E-state index contributed by atoms with van der Waals surface area (Å²) in [6.45, 7) is 7.66. The summed E-state index contributed by atoms with van der Waals surface area (Å²) in [5.74, 6) is -0.930.